The zero-order valence-electron chi connectivity index (χ0n) is 13.4. The second kappa shape index (κ2) is 5.26. The van der Waals surface area contributed by atoms with Crippen molar-refractivity contribution in [3.05, 3.63) is 42.5 Å². The van der Waals surface area contributed by atoms with Gasteiger partial charge >= 0.3 is 0 Å². The van der Waals surface area contributed by atoms with Crippen LogP contribution in [0.1, 0.15) is 5.82 Å². The van der Waals surface area contributed by atoms with E-state index < -0.39 is 0 Å². The summed E-state index contributed by atoms with van der Waals surface area (Å²) in [5, 5.41) is 15.7. The lowest BCUT2D eigenvalue weighted by atomic mass is 10.2. The van der Waals surface area contributed by atoms with Crippen LogP contribution in [0.15, 0.2) is 36.7 Å². The quantitative estimate of drug-likeness (QED) is 0.608. The molecule has 0 aromatic carbocycles. The van der Waals surface area contributed by atoms with Gasteiger partial charge in [-0.1, -0.05) is 0 Å². The summed E-state index contributed by atoms with van der Waals surface area (Å²) >= 11 is 0. The van der Waals surface area contributed by atoms with Crippen molar-refractivity contribution < 1.29 is 4.74 Å². The van der Waals surface area contributed by atoms with Crippen LogP contribution in [0.2, 0.25) is 0 Å². The maximum atomic E-state index is 5.76. The van der Waals surface area contributed by atoms with Crippen LogP contribution in [-0.4, -0.2) is 41.0 Å². The van der Waals surface area contributed by atoms with Crippen molar-refractivity contribution in [1.29, 1.82) is 0 Å². The molecule has 1 aliphatic heterocycles. The van der Waals surface area contributed by atoms with Crippen molar-refractivity contribution in [2.45, 2.75) is 6.42 Å². The first kappa shape index (κ1) is 13.9. The summed E-state index contributed by atoms with van der Waals surface area (Å²) in [5.74, 6) is 2.97. The van der Waals surface area contributed by atoms with Gasteiger partial charge in [0.1, 0.15) is 11.6 Å². The number of anilines is 2. The molecule has 124 valence electrons. The van der Waals surface area contributed by atoms with E-state index in [2.05, 4.69) is 30.6 Å². The number of aryl methyl sites for hydroxylation is 1. The molecule has 4 aromatic rings. The molecule has 0 saturated heterocycles. The maximum Gasteiger partial charge on any atom is 0.228 e. The van der Waals surface area contributed by atoms with Gasteiger partial charge in [-0.2, -0.15) is 5.10 Å². The number of rotatable bonds is 3. The van der Waals surface area contributed by atoms with Gasteiger partial charge in [0, 0.05) is 37.4 Å². The second-order valence-corrected chi connectivity index (χ2v) is 5.72. The van der Waals surface area contributed by atoms with Gasteiger partial charge in [0.2, 0.25) is 11.8 Å². The van der Waals surface area contributed by atoms with Crippen molar-refractivity contribution in [1.82, 2.24) is 34.3 Å². The fourth-order valence-corrected chi connectivity index (χ4v) is 2.90. The minimum absolute atomic E-state index is 0.498. The lowest BCUT2D eigenvalue weighted by molar-refractivity contribution is 0.282. The van der Waals surface area contributed by atoms with Gasteiger partial charge in [-0.25, -0.2) is 14.4 Å². The third-order valence-corrected chi connectivity index (χ3v) is 4.13. The van der Waals surface area contributed by atoms with Crippen molar-refractivity contribution in [2.24, 2.45) is 7.05 Å². The smallest absolute Gasteiger partial charge is 0.228 e. The first-order valence-corrected chi connectivity index (χ1v) is 7.87. The molecule has 0 fully saturated rings. The van der Waals surface area contributed by atoms with Crippen molar-refractivity contribution in [3.63, 3.8) is 0 Å². The molecular formula is C16H14N8O. The highest BCUT2D eigenvalue weighted by molar-refractivity contribution is 5.67. The van der Waals surface area contributed by atoms with Crippen LogP contribution >= 0.6 is 0 Å². The predicted octanol–water partition coefficient (Wildman–Crippen LogP) is 1.60. The highest BCUT2D eigenvalue weighted by Crippen LogP contribution is 2.28. The van der Waals surface area contributed by atoms with Crippen LogP contribution in [0.4, 0.5) is 11.8 Å². The Bertz CT molecular complexity index is 1080. The zero-order chi connectivity index (χ0) is 16.8. The van der Waals surface area contributed by atoms with Crippen LogP contribution in [0, 0.1) is 0 Å². The molecule has 1 aliphatic rings. The topological polar surface area (TPSA) is 95.1 Å². The summed E-state index contributed by atoms with van der Waals surface area (Å²) in [5.41, 5.74) is 2.43. The first-order valence-electron chi connectivity index (χ1n) is 7.87. The number of pyridine rings is 1. The molecule has 9 nitrogen and oxygen atoms in total. The second-order valence-electron chi connectivity index (χ2n) is 5.72. The number of ether oxygens (including phenoxy) is 1. The molecule has 5 heterocycles. The van der Waals surface area contributed by atoms with E-state index in [1.165, 1.54) is 0 Å². The van der Waals surface area contributed by atoms with Crippen LogP contribution in [0.25, 0.3) is 16.9 Å². The van der Waals surface area contributed by atoms with Gasteiger partial charge in [-0.3, -0.25) is 4.68 Å². The highest BCUT2D eigenvalue weighted by atomic mass is 16.5. The minimum atomic E-state index is 0.498. The largest absolute Gasteiger partial charge is 0.478 e. The summed E-state index contributed by atoms with van der Waals surface area (Å²) in [6, 6.07) is 7.62. The van der Waals surface area contributed by atoms with Crippen molar-refractivity contribution >= 4 is 17.4 Å². The Hall–Kier alpha value is -3.49. The summed E-state index contributed by atoms with van der Waals surface area (Å²) in [7, 11) is 1.85. The summed E-state index contributed by atoms with van der Waals surface area (Å²) < 4.78 is 9.41. The molecule has 4 aromatic heterocycles. The molecule has 0 bridgehead atoms. The molecule has 0 atom stereocenters. The van der Waals surface area contributed by atoms with Crippen LogP contribution in [-0.2, 0) is 13.5 Å². The molecular weight excluding hydrogens is 320 g/mol. The Balaban J connectivity index is 1.56. The van der Waals surface area contributed by atoms with E-state index in [4.69, 9.17) is 4.74 Å². The number of hydrogen-bond donors (Lipinski definition) is 1. The van der Waals surface area contributed by atoms with Crippen LogP contribution < -0.4 is 10.1 Å². The van der Waals surface area contributed by atoms with Crippen LogP contribution in [0.5, 0.6) is 5.88 Å². The van der Waals surface area contributed by atoms with E-state index in [0.29, 0.717) is 12.6 Å². The standard InChI is InChI=1S/C16H14N8O/c1-23-12(3-6-18-23)20-16-17-5-2-11(19-16)10-8-14-22-21-13-4-7-25-15(9-10)24(13)14/h2-3,5-6,8-9H,4,7H2,1H3,(H,17,19,20). The number of aromatic nitrogens is 7. The minimum Gasteiger partial charge on any atom is -0.478 e. The van der Waals surface area contributed by atoms with E-state index in [1.807, 2.05) is 35.7 Å². The molecule has 0 amide bonds. The molecule has 0 radical (unpaired) electrons. The molecule has 1 N–H and O–H groups in total. The Morgan fingerprint density at radius 2 is 2.12 bits per heavy atom. The Kier molecular flexibility index (Phi) is 2.93. The average molecular weight is 334 g/mol. The van der Waals surface area contributed by atoms with Gasteiger partial charge in [0.25, 0.3) is 0 Å². The van der Waals surface area contributed by atoms with E-state index in [1.54, 1.807) is 17.1 Å². The molecule has 0 unspecified atom stereocenters. The summed E-state index contributed by atoms with van der Waals surface area (Å²) in [6.07, 6.45) is 4.19. The van der Waals surface area contributed by atoms with Crippen LogP contribution in [0.3, 0.4) is 0 Å². The fourth-order valence-electron chi connectivity index (χ4n) is 2.90. The normalized spacial score (nSPS) is 13.0. The van der Waals surface area contributed by atoms with Gasteiger partial charge in [-0.05, 0) is 12.1 Å². The highest BCUT2D eigenvalue weighted by Gasteiger charge is 2.18. The van der Waals surface area contributed by atoms with Crippen molar-refractivity contribution in [3.8, 4) is 17.1 Å². The van der Waals surface area contributed by atoms with Gasteiger partial charge in [-0.15, -0.1) is 10.2 Å². The number of nitrogens with one attached hydrogen (secondary N) is 1. The van der Waals surface area contributed by atoms with E-state index in [0.717, 1.165) is 40.8 Å². The van der Waals surface area contributed by atoms with Gasteiger partial charge in [0.05, 0.1) is 18.5 Å². The maximum absolute atomic E-state index is 5.76. The van der Waals surface area contributed by atoms with Gasteiger partial charge < -0.3 is 10.1 Å². The third kappa shape index (κ3) is 2.28. The van der Waals surface area contributed by atoms with Gasteiger partial charge in [0.15, 0.2) is 5.65 Å². The Morgan fingerprint density at radius 1 is 1.16 bits per heavy atom. The Labute approximate surface area is 142 Å². The van der Waals surface area contributed by atoms with E-state index in [9.17, 15) is 0 Å². The Morgan fingerprint density at radius 3 is 3.00 bits per heavy atom. The third-order valence-electron chi connectivity index (χ3n) is 4.13. The lowest BCUT2D eigenvalue weighted by Gasteiger charge is -2.15. The number of hydrogen-bond acceptors (Lipinski definition) is 7. The average Bonchev–Trinajstić information content (AvgIpc) is 3.23. The van der Waals surface area contributed by atoms with E-state index in [-0.39, 0.29) is 0 Å². The van der Waals surface area contributed by atoms with E-state index >= 15 is 0 Å². The molecule has 5 rings (SSSR count). The summed E-state index contributed by atoms with van der Waals surface area (Å²) in [6.45, 7) is 0.605. The van der Waals surface area contributed by atoms with Crippen molar-refractivity contribution in [2.75, 3.05) is 11.9 Å². The molecule has 0 spiro atoms. The molecule has 9 heteroatoms. The molecule has 0 aliphatic carbocycles. The SMILES string of the molecule is Cn1nccc1Nc1nccc(-c2cc3n4c(nnc4c2)CCO3)n1. The zero-order valence-corrected chi connectivity index (χ0v) is 13.4. The monoisotopic (exact) mass is 334 g/mol. The fraction of sp³-hybridized carbons (Fsp3) is 0.188. The molecule has 25 heavy (non-hydrogen) atoms. The predicted molar refractivity (Wildman–Crippen MR) is 89.7 cm³/mol. The summed E-state index contributed by atoms with van der Waals surface area (Å²) in [4.78, 5) is 8.86. The molecule has 0 saturated carbocycles. The number of nitrogens with zero attached hydrogens (tertiary/aromatic N) is 7. The lowest BCUT2D eigenvalue weighted by Crippen LogP contribution is -2.14. The first-order chi connectivity index (χ1) is 12.3.